The lowest BCUT2D eigenvalue weighted by atomic mass is 9.83. The number of nitrogens with one attached hydrogen (secondary N) is 2. The van der Waals surface area contributed by atoms with Crippen LogP contribution in [0.25, 0.3) is 11.3 Å². The minimum absolute atomic E-state index is 0.0182. The molecule has 0 spiro atoms. The molecule has 0 aliphatic heterocycles. The third-order valence-corrected chi connectivity index (χ3v) is 7.37. The number of aromatic nitrogens is 3. The first-order chi connectivity index (χ1) is 18.5. The van der Waals surface area contributed by atoms with Crippen molar-refractivity contribution in [2.45, 2.75) is 84.2 Å². The molecule has 224 valence electrons. The van der Waals surface area contributed by atoms with Gasteiger partial charge in [0.2, 0.25) is 0 Å². The fourth-order valence-corrected chi connectivity index (χ4v) is 4.88. The van der Waals surface area contributed by atoms with Crippen LogP contribution < -0.4 is 15.4 Å². The average Bonchev–Trinajstić information content (AvgIpc) is 3.18. The molecule has 2 aromatic rings. The molecule has 15 heteroatoms. The van der Waals surface area contributed by atoms with E-state index < -0.39 is 41.7 Å². The predicted molar refractivity (Wildman–Crippen MR) is 135 cm³/mol. The molecule has 2 heterocycles. The third kappa shape index (κ3) is 6.74. The third-order valence-electron chi connectivity index (χ3n) is 7.01. The molecule has 1 aliphatic rings. The molecule has 0 aromatic carbocycles. The van der Waals surface area contributed by atoms with Crippen molar-refractivity contribution >= 4 is 23.3 Å². The maximum atomic E-state index is 14.0. The predicted octanol–water partition coefficient (Wildman–Crippen LogP) is 7.16. The summed E-state index contributed by atoms with van der Waals surface area (Å²) in [5.41, 5.74) is -3.27. The first-order valence-corrected chi connectivity index (χ1v) is 13.1. The van der Waals surface area contributed by atoms with Crippen molar-refractivity contribution < 1.29 is 40.3 Å². The van der Waals surface area contributed by atoms with Gasteiger partial charge >= 0.3 is 18.7 Å². The monoisotopic (exact) mass is 601 g/mol. The van der Waals surface area contributed by atoms with Crippen LogP contribution in [0.3, 0.4) is 0 Å². The number of carbonyl (C=O) groups is 1. The number of alkyl halides is 7. The van der Waals surface area contributed by atoms with Crippen LogP contribution in [-0.4, -0.2) is 51.5 Å². The Hall–Kier alpha value is -2.77. The van der Waals surface area contributed by atoms with Gasteiger partial charge in [-0.1, -0.05) is 31.4 Å². The molecule has 2 N–H and O–H groups in total. The van der Waals surface area contributed by atoms with Gasteiger partial charge in [0, 0.05) is 25.4 Å². The van der Waals surface area contributed by atoms with Crippen LogP contribution in [-0.2, 0) is 6.54 Å². The second-order valence-corrected chi connectivity index (χ2v) is 10.8. The molecule has 0 saturated heterocycles. The molecule has 7 nitrogen and oxygen atoms in total. The molecule has 0 atom stereocenters. The topological polar surface area (TPSA) is 81.1 Å². The first-order valence-electron chi connectivity index (χ1n) is 12.7. The Balaban J connectivity index is 1.94. The highest BCUT2D eigenvalue weighted by Gasteiger charge is 2.66. The average molecular weight is 602 g/mol. The van der Waals surface area contributed by atoms with Gasteiger partial charge in [0.1, 0.15) is 17.1 Å². The number of hydrogen-bond donors (Lipinski definition) is 2. The number of carbonyl (C=O) groups excluding carboxylic acids is 1. The van der Waals surface area contributed by atoms with Crippen molar-refractivity contribution in [3.63, 3.8) is 0 Å². The van der Waals surface area contributed by atoms with Gasteiger partial charge in [-0.25, -0.2) is 4.98 Å². The van der Waals surface area contributed by atoms with Gasteiger partial charge in [0.15, 0.2) is 5.69 Å². The highest BCUT2D eigenvalue weighted by Crippen LogP contribution is 2.45. The Morgan fingerprint density at radius 2 is 1.80 bits per heavy atom. The van der Waals surface area contributed by atoms with Gasteiger partial charge in [-0.15, -0.1) is 0 Å². The van der Waals surface area contributed by atoms with Crippen LogP contribution in [0.15, 0.2) is 12.3 Å². The molecule has 3 rings (SSSR count). The van der Waals surface area contributed by atoms with Crippen molar-refractivity contribution in [3.05, 3.63) is 23.0 Å². The lowest BCUT2D eigenvalue weighted by Gasteiger charge is -2.36. The molecule has 2 aromatic heterocycles. The number of pyridine rings is 1. The molecule has 1 fully saturated rings. The lowest BCUT2D eigenvalue weighted by molar-refractivity contribution is -0.299. The highest BCUT2D eigenvalue weighted by molar-refractivity contribution is 6.36. The second kappa shape index (κ2) is 12.0. The van der Waals surface area contributed by atoms with Gasteiger partial charge in [0.25, 0.3) is 5.91 Å². The number of hydrogen-bond acceptors (Lipinski definition) is 5. The van der Waals surface area contributed by atoms with E-state index in [2.05, 4.69) is 27.1 Å². The zero-order valence-corrected chi connectivity index (χ0v) is 23.1. The van der Waals surface area contributed by atoms with Crippen LogP contribution >= 0.6 is 11.6 Å². The van der Waals surface area contributed by atoms with Crippen molar-refractivity contribution in [1.82, 2.24) is 20.1 Å². The molecular formula is C25H31ClF7N5O2. The molecule has 1 aliphatic carbocycles. The minimum Gasteiger partial charge on any atom is -0.434 e. The van der Waals surface area contributed by atoms with Crippen LogP contribution in [0.1, 0.15) is 63.9 Å². The van der Waals surface area contributed by atoms with Crippen molar-refractivity contribution in [1.29, 1.82) is 0 Å². The normalized spacial score (nSPS) is 18.6. The summed E-state index contributed by atoms with van der Waals surface area (Å²) in [6.45, 7) is 2.16. The Labute approximate surface area is 231 Å². The molecule has 0 radical (unpaired) electrons. The SMILES string of the molecule is CCn1nc(C(=O)NCC2CCC(C)CC2)c(Cl)c1-c1cnc(NC(C)(C)C(F)(F)C(F)(F)F)cc1OC(F)F. The van der Waals surface area contributed by atoms with Crippen molar-refractivity contribution in [3.8, 4) is 17.0 Å². The Kier molecular flexibility index (Phi) is 9.52. The fourth-order valence-electron chi connectivity index (χ4n) is 4.55. The molecule has 1 amide bonds. The maximum absolute atomic E-state index is 14.0. The van der Waals surface area contributed by atoms with Gasteiger partial charge in [-0.2, -0.15) is 35.8 Å². The van der Waals surface area contributed by atoms with E-state index in [4.69, 9.17) is 11.6 Å². The summed E-state index contributed by atoms with van der Waals surface area (Å²) in [6.07, 6.45) is -0.912. The Morgan fingerprint density at radius 3 is 2.35 bits per heavy atom. The van der Waals surface area contributed by atoms with E-state index in [-0.39, 0.29) is 28.5 Å². The van der Waals surface area contributed by atoms with E-state index in [0.29, 0.717) is 32.2 Å². The van der Waals surface area contributed by atoms with Crippen molar-refractivity contribution in [2.75, 3.05) is 11.9 Å². The number of nitrogens with zero attached hydrogens (tertiary/aromatic N) is 3. The van der Waals surface area contributed by atoms with E-state index in [0.717, 1.165) is 37.9 Å². The summed E-state index contributed by atoms with van der Waals surface area (Å²) >= 11 is 6.49. The quantitative estimate of drug-likeness (QED) is 0.282. The molecule has 1 saturated carbocycles. The van der Waals surface area contributed by atoms with Crippen LogP contribution in [0.4, 0.5) is 36.6 Å². The smallest absolute Gasteiger partial charge is 0.434 e. The second-order valence-electron chi connectivity index (χ2n) is 10.4. The highest BCUT2D eigenvalue weighted by atomic mass is 35.5. The summed E-state index contributed by atoms with van der Waals surface area (Å²) in [6, 6.07) is 0.753. The minimum atomic E-state index is -5.89. The van der Waals surface area contributed by atoms with Gasteiger partial charge in [-0.05, 0) is 45.4 Å². The lowest BCUT2D eigenvalue weighted by Crippen LogP contribution is -2.57. The zero-order chi connectivity index (χ0) is 30.0. The first kappa shape index (κ1) is 31.8. The maximum Gasteiger partial charge on any atom is 0.455 e. The van der Waals surface area contributed by atoms with E-state index in [1.807, 2.05) is 5.32 Å². The molecule has 0 unspecified atom stereocenters. The van der Waals surface area contributed by atoms with Gasteiger partial charge in [0.05, 0.1) is 16.3 Å². The number of amides is 1. The van der Waals surface area contributed by atoms with Gasteiger partial charge in [-0.3, -0.25) is 9.48 Å². The Morgan fingerprint density at radius 1 is 1.18 bits per heavy atom. The molecule has 40 heavy (non-hydrogen) atoms. The standard InChI is InChI=1S/C25H31ClF7N5O2/c1-5-38-20(18(26)19(37-38)21(39)35-11-14-8-6-13(2)7-9-14)15-12-34-17(10-16(15)40-22(27)28)36-23(3,4)24(29,30)25(31,32)33/h10,12-14,22H,5-9,11H2,1-4H3,(H,34,36)(H,35,39). The van der Waals surface area contributed by atoms with Gasteiger partial charge < -0.3 is 15.4 Å². The largest absolute Gasteiger partial charge is 0.455 e. The number of rotatable bonds is 10. The van der Waals surface area contributed by atoms with Crippen LogP contribution in [0.2, 0.25) is 5.02 Å². The molecular weight excluding hydrogens is 571 g/mol. The van der Waals surface area contributed by atoms with Crippen LogP contribution in [0, 0.1) is 11.8 Å². The van der Waals surface area contributed by atoms with Crippen LogP contribution in [0.5, 0.6) is 5.75 Å². The number of aryl methyl sites for hydroxylation is 1. The summed E-state index contributed by atoms with van der Waals surface area (Å²) in [4.78, 5) is 16.8. The number of halogens is 8. The van der Waals surface area contributed by atoms with E-state index >= 15 is 0 Å². The fraction of sp³-hybridized carbons (Fsp3) is 0.640. The summed E-state index contributed by atoms with van der Waals surface area (Å²) in [5, 5.41) is 8.77. The summed E-state index contributed by atoms with van der Waals surface area (Å²) in [7, 11) is 0. The summed E-state index contributed by atoms with van der Waals surface area (Å²) in [5.74, 6) is -6.06. The summed E-state index contributed by atoms with van der Waals surface area (Å²) < 4.78 is 99.3. The van der Waals surface area contributed by atoms with E-state index in [1.165, 1.54) is 4.68 Å². The van der Waals surface area contributed by atoms with Crippen molar-refractivity contribution in [2.24, 2.45) is 11.8 Å². The molecule has 0 bridgehead atoms. The van der Waals surface area contributed by atoms with E-state index in [9.17, 15) is 35.5 Å². The Bertz CT molecular complexity index is 1190. The zero-order valence-electron chi connectivity index (χ0n) is 22.3. The number of anilines is 1. The van der Waals surface area contributed by atoms with E-state index in [1.54, 1.807) is 6.92 Å². The number of ether oxygens (including phenoxy) is 1.